The van der Waals surface area contributed by atoms with Gasteiger partial charge in [-0.2, -0.15) is 0 Å². The number of hydrogen-bond acceptors (Lipinski definition) is 8. The maximum absolute atomic E-state index is 11.6. The summed E-state index contributed by atoms with van der Waals surface area (Å²) in [6.07, 6.45) is 4.29. The molecule has 0 bridgehead atoms. The average Bonchev–Trinajstić information content (AvgIpc) is 3.12. The van der Waals surface area contributed by atoms with Crippen molar-refractivity contribution in [2.75, 3.05) is 14.2 Å². The number of rotatable bonds is 14. The molecule has 2 heterocycles. The Morgan fingerprint density at radius 1 is 0.640 bits per heavy atom. The minimum Gasteiger partial charge on any atom is -0.469 e. The minimum atomic E-state index is -0.558. The van der Waals surface area contributed by atoms with E-state index < -0.39 is 12.1 Å². The number of halogens is 4. The lowest BCUT2D eigenvalue weighted by Crippen LogP contribution is -2.13. The molecule has 4 rings (SSSR count). The fourth-order valence-electron chi connectivity index (χ4n) is 5.12. The van der Waals surface area contributed by atoms with Gasteiger partial charge in [0.2, 0.25) is 0 Å². The molecule has 12 nitrogen and oxygen atoms in total. The second kappa shape index (κ2) is 20.9. The lowest BCUT2D eigenvalue weighted by Gasteiger charge is -2.23. The molecule has 16 heteroatoms. The molecular weight excluding hydrogens is 726 g/mol. The van der Waals surface area contributed by atoms with Crippen LogP contribution in [0.25, 0.3) is 20.9 Å². The number of carbonyl (C=O) groups is 2. The van der Waals surface area contributed by atoms with Crippen LogP contribution >= 0.6 is 46.4 Å². The van der Waals surface area contributed by atoms with Crippen LogP contribution in [-0.2, 0) is 19.1 Å². The van der Waals surface area contributed by atoms with Gasteiger partial charge in [-0.1, -0.05) is 80.9 Å². The molecule has 2 aromatic heterocycles. The summed E-state index contributed by atoms with van der Waals surface area (Å²) < 4.78 is 9.43. The summed E-state index contributed by atoms with van der Waals surface area (Å²) in [5.41, 5.74) is 20.9. The number of azide groups is 2. The van der Waals surface area contributed by atoms with Gasteiger partial charge in [0.1, 0.15) is 0 Å². The third-order valence-electron chi connectivity index (χ3n) is 7.56. The zero-order valence-electron chi connectivity index (χ0n) is 26.9. The molecule has 4 atom stereocenters. The SMILES string of the molecule is COC(=O)CC[C@@H](c1cc(Cl)ccn1)C(N=[N+]=[N-])c1ccc(Cl)cc1.COC(=O)CC[C@H](c1cc(Cl)ccn1)[C@H](N=[N+]=[N-])c1ccc(Cl)cc1. The van der Waals surface area contributed by atoms with Crippen LogP contribution in [0.5, 0.6) is 0 Å². The van der Waals surface area contributed by atoms with Crippen molar-refractivity contribution in [2.45, 2.75) is 49.6 Å². The Morgan fingerprint density at radius 3 is 1.30 bits per heavy atom. The highest BCUT2D eigenvalue weighted by Crippen LogP contribution is 2.39. The quantitative estimate of drug-likeness (QED) is 0.0535. The molecular formula is C34H32Cl4N8O4. The number of nitrogens with zero attached hydrogens (tertiary/aromatic N) is 8. The molecule has 0 fully saturated rings. The van der Waals surface area contributed by atoms with Gasteiger partial charge in [-0.25, -0.2) is 0 Å². The van der Waals surface area contributed by atoms with Crippen LogP contribution in [0.15, 0.2) is 95.4 Å². The molecule has 0 saturated heterocycles. The summed E-state index contributed by atoms with van der Waals surface area (Å²) in [7, 11) is 2.66. The molecule has 0 aliphatic heterocycles. The average molecular weight is 758 g/mol. The van der Waals surface area contributed by atoms with Crippen LogP contribution in [0.1, 0.15) is 72.1 Å². The van der Waals surface area contributed by atoms with Crippen molar-refractivity contribution < 1.29 is 19.1 Å². The largest absolute Gasteiger partial charge is 0.469 e. The third kappa shape index (κ3) is 12.4. The van der Waals surface area contributed by atoms with Crippen LogP contribution in [-0.4, -0.2) is 36.1 Å². The molecule has 4 aromatic rings. The highest BCUT2D eigenvalue weighted by Gasteiger charge is 2.28. The molecule has 0 amide bonds. The van der Waals surface area contributed by atoms with E-state index >= 15 is 0 Å². The van der Waals surface area contributed by atoms with E-state index in [0.717, 1.165) is 11.1 Å². The number of pyridine rings is 2. The molecule has 1 unspecified atom stereocenters. The molecule has 50 heavy (non-hydrogen) atoms. The maximum atomic E-state index is 11.6. The Bertz CT molecular complexity index is 1690. The highest BCUT2D eigenvalue weighted by molar-refractivity contribution is 6.31. The monoisotopic (exact) mass is 756 g/mol. The van der Waals surface area contributed by atoms with Gasteiger partial charge < -0.3 is 9.47 Å². The molecule has 0 aliphatic rings. The fourth-order valence-corrected chi connectivity index (χ4v) is 5.71. The van der Waals surface area contributed by atoms with Crippen LogP contribution in [0.3, 0.4) is 0 Å². The summed E-state index contributed by atoms with van der Waals surface area (Å²) in [5.74, 6) is -1.37. The van der Waals surface area contributed by atoms with Crippen LogP contribution < -0.4 is 0 Å². The second-order valence-corrected chi connectivity index (χ2v) is 12.4. The first kappa shape index (κ1) is 39.9. The van der Waals surface area contributed by atoms with E-state index in [0.29, 0.717) is 44.3 Å². The number of methoxy groups -OCH3 is 2. The van der Waals surface area contributed by atoms with E-state index in [1.54, 1.807) is 85.2 Å². The van der Waals surface area contributed by atoms with Gasteiger partial charge in [0.25, 0.3) is 0 Å². The van der Waals surface area contributed by atoms with Crippen molar-refractivity contribution in [2.24, 2.45) is 10.2 Å². The highest BCUT2D eigenvalue weighted by atomic mass is 35.5. The van der Waals surface area contributed by atoms with E-state index in [-0.39, 0.29) is 36.6 Å². The molecule has 0 aliphatic carbocycles. The Hall–Kier alpha value is -4.54. The summed E-state index contributed by atoms with van der Waals surface area (Å²) in [6.45, 7) is 0. The standard InChI is InChI=1S/2C17H16Cl2N4O2/c2*1-25-16(24)7-6-14(15-10-13(19)8-9-21-15)17(22-23-20)11-2-4-12(18)5-3-11/h2*2-5,8-10,14,17H,6-7H2,1H3/t14-,17?;14-,17-/m01/s1. The number of carbonyl (C=O) groups excluding carboxylic acids is 2. The summed E-state index contributed by atoms with van der Waals surface area (Å²) >= 11 is 24.0. The van der Waals surface area contributed by atoms with E-state index in [9.17, 15) is 9.59 Å². The van der Waals surface area contributed by atoms with Crippen LogP contribution in [0.2, 0.25) is 20.1 Å². The van der Waals surface area contributed by atoms with Gasteiger partial charge in [0.15, 0.2) is 0 Å². The first-order valence-electron chi connectivity index (χ1n) is 15.1. The van der Waals surface area contributed by atoms with E-state index in [4.69, 9.17) is 66.9 Å². The van der Waals surface area contributed by atoms with Crippen molar-refractivity contribution in [3.8, 4) is 0 Å². The van der Waals surface area contributed by atoms with Crippen molar-refractivity contribution in [1.29, 1.82) is 0 Å². The first-order chi connectivity index (χ1) is 24.1. The fraction of sp³-hybridized carbons (Fsp3) is 0.294. The summed E-state index contributed by atoms with van der Waals surface area (Å²) in [4.78, 5) is 37.8. The van der Waals surface area contributed by atoms with Crippen molar-refractivity contribution in [3.63, 3.8) is 0 Å². The number of hydrogen-bond donors (Lipinski definition) is 0. The summed E-state index contributed by atoms with van der Waals surface area (Å²) in [6, 6.07) is 19.7. The van der Waals surface area contributed by atoms with Gasteiger partial charge in [-0.3, -0.25) is 19.6 Å². The number of ether oxygens (including phenoxy) is 2. The van der Waals surface area contributed by atoms with E-state index in [1.807, 2.05) is 0 Å². The Labute approximate surface area is 308 Å². The van der Waals surface area contributed by atoms with Gasteiger partial charge in [0.05, 0.1) is 26.3 Å². The molecule has 0 N–H and O–H groups in total. The lowest BCUT2D eigenvalue weighted by atomic mass is 9.87. The smallest absolute Gasteiger partial charge is 0.305 e. The summed E-state index contributed by atoms with van der Waals surface area (Å²) in [5, 5.41) is 10.1. The third-order valence-corrected chi connectivity index (χ3v) is 8.53. The maximum Gasteiger partial charge on any atom is 0.305 e. The number of benzene rings is 2. The van der Waals surface area contributed by atoms with Crippen LogP contribution in [0.4, 0.5) is 0 Å². The predicted octanol–water partition coefficient (Wildman–Crippen LogP) is 11.0. The zero-order chi connectivity index (χ0) is 36.5. The first-order valence-corrected chi connectivity index (χ1v) is 16.6. The van der Waals surface area contributed by atoms with Crippen molar-refractivity contribution in [1.82, 2.24) is 9.97 Å². The molecule has 2 aromatic carbocycles. The lowest BCUT2D eigenvalue weighted by molar-refractivity contribution is -0.141. The van der Waals surface area contributed by atoms with Gasteiger partial charge in [-0.05, 0) is 83.6 Å². The molecule has 0 spiro atoms. The normalized spacial score (nSPS) is 12.8. The van der Waals surface area contributed by atoms with Gasteiger partial charge in [-0.15, -0.1) is 0 Å². The number of esters is 2. The Kier molecular flexibility index (Phi) is 16.6. The molecule has 0 radical (unpaired) electrons. The predicted molar refractivity (Wildman–Crippen MR) is 193 cm³/mol. The topological polar surface area (TPSA) is 176 Å². The zero-order valence-corrected chi connectivity index (χ0v) is 30.0. The molecule has 0 saturated carbocycles. The van der Waals surface area contributed by atoms with E-state index in [1.165, 1.54) is 14.2 Å². The minimum absolute atomic E-state index is 0.167. The number of aromatic nitrogens is 2. The Balaban J connectivity index is 0.000000270. The Morgan fingerprint density at radius 2 is 1.00 bits per heavy atom. The van der Waals surface area contributed by atoms with Gasteiger partial charge >= 0.3 is 11.9 Å². The van der Waals surface area contributed by atoms with Gasteiger partial charge in [0, 0.05) is 78.4 Å². The van der Waals surface area contributed by atoms with Crippen molar-refractivity contribution in [3.05, 3.63) is 149 Å². The molecule has 260 valence electrons. The van der Waals surface area contributed by atoms with Crippen LogP contribution in [0, 0.1) is 0 Å². The van der Waals surface area contributed by atoms with E-state index in [2.05, 4.69) is 30.0 Å². The van der Waals surface area contributed by atoms with Crippen molar-refractivity contribution >= 4 is 58.3 Å². The second-order valence-electron chi connectivity index (χ2n) is 10.6.